The largest absolute Gasteiger partial charge is 0.467 e. The zero-order valence-corrected chi connectivity index (χ0v) is 16.6. The van der Waals surface area contributed by atoms with Crippen LogP contribution in [0.1, 0.15) is 45.9 Å². The Morgan fingerprint density at radius 1 is 1.33 bits per heavy atom. The molecule has 30 heavy (non-hydrogen) atoms. The summed E-state index contributed by atoms with van der Waals surface area (Å²) in [6, 6.07) is 8.00. The Morgan fingerprint density at radius 2 is 2.07 bits per heavy atom. The first kappa shape index (κ1) is 20.3. The van der Waals surface area contributed by atoms with Crippen LogP contribution in [0.4, 0.5) is 19.0 Å². The van der Waals surface area contributed by atoms with E-state index in [0.717, 1.165) is 10.2 Å². The van der Waals surface area contributed by atoms with Gasteiger partial charge in [0, 0.05) is 6.42 Å². The predicted octanol–water partition coefficient (Wildman–Crippen LogP) is 5.03. The van der Waals surface area contributed by atoms with Crippen molar-refractivity contribution < 1.29 is 22.4 Å². The van der Waals surface area contributed by atoms with Crippen molar-refractivity contribution in [1.82, 2.24) is 15.1 Å². The van der Waals surface area contributed by atoms with Crippen molar-refractivity contribution in [2.24, 2.45) is 0 Å². The summed E-state index contributed by atoms with van der Waals surface area (Å²) in [5, 5.41) is 9.32. The van der Waals surface area contributed by atoms with Gasteiger partial charge in [0.15, 0.2) is 11.7 Å². The number of amides is 1. The number of furan rings is 1. The minimum atomic E-state index is -4.56. The predicted molar refractivity (Wildman–Crippen MR) is 104 cm³/mol. The molecular weight excluding hydrogens is 421 g/mol. The highest BCUT2D eigenvalue weighted by Gasteiger charge is 2.47. The molecular formula is C20H18ClF3N4O2. The van der Waals surface area contributed by atoms with Crippen molar-refractivity contribution >= 4 is 23.3 Å². The van der Waals surface area contributed by atoms with Crippen LogP contribution in [0.3, 0.4) is 0 Å². The van der Waals surface area contributed by atoms with Crippen LogP contribution in [0.15, 0.2) is 47.1 Å². The minimum absolute atomic E-state index is 0.0287. The second-order valence-corrected chi connectivity index (χ2v) is 7.50. The molecule has 1 amide bonds. The molecule has 3 aromatic rings. The normalized spacial score (nSPS) is 18.6. The quantitative estimate of drug-likeness (QED) is 0.599. The van der Waals surface area contributed by atoms with Crippen LogP contribution in [0.2, 0.25) is 5.02 Å². The number of nitrogens with one attached hydrogen (secondary N) is 2. The van der Waals surface area contributed by atoms with E-state index in [1.165, 1.54) is 6.26 Å². The van der Waals surface area contributed by atoms with Gasteiger partial charge in [0.1, 0.15) is 16.6 Å². The Morgan fingerprint density at radius 3 is 2.70 bits per heavy atom. The first-order valence-corrected chi connectivity index (χ1v) is 9.60. The van der Waals surface area contributed by atoms with Crippen LogP contribution in [-0.2, 0) is 6.54 Å². The number of fused-ring (bicyclic) bond motifs is 1. The summed E-state index contributed by atoms with van der Waals surface area (Å²) in [5.74, 6) is -0.221. The molecule has 0 unspecified atom stereocenters. The number of aryl methyl sites for hydroxylation is 1. The number of carbonyl (C=O) groups is 1. The maximum atomic E-state index is 13.8. The Kier molecular flexibility index (Phi) is 5.23. The van der Waals surface area contributed by atoms with E-state index in [4.69, 9.17) is 16.0 Å². The van der Waals surface area contributed by atoms with Crippen molar-refractivity contribution in [3.8, 4) is 0 Å². The molecule has 10 heteroatoms. The lowest BCUT2D eigenvalue weighted by atomic mass is 9.96. The molecule has 2 aromatic heterocycles. The molecule has 0 radical (unpaired) electrons. The van der Waals surface area contributed by atoms with E-state index in [0.29, 0.717) is 11.3 Å². The number of aromatic nitrogens is 2. The standard InChI is InChI=1S/C20H18ClF3N4O2/c1-11-4-6-12(7-5-11)14-9-15(20(22,23)24)28-18(26-14)16(21)17(27-28)19(29)25-10-13-3-2-8-30-13/h2-8,14-15,26H,9-10H2,1H3,(H,25,29)/t14-,15+/m0/s1. The molecule has 0 saturated carbocycles. The van der Waals surface area contributed by atoms with Gasteiger partial charge in [-0.05, 0) is 24.6 Å². The number of benzene rings is 1. The number of anilines is 1. The third-order valence-electron chi connectivity index (χ3n) is 4.99. The van der Waals surface area contributed by atoms with Crippen LogP contribution >= 0.6 is 11.6 Å². The molecule has 1 aromatic carbocycles. The average molecular weight is 439 g/mol. The van der Waals surface area contributed by atoms with Crippen LogP contribution in [-0.4, -0.2) is 21.9 Å². The van der Waals surface area contributed by atoms with Gasteiger partial charge in [-0.2, -0.15) is 18.3 Å². The van der Waals surface area contributed by atoms with Gasteiger partial charge < -0.3 is 15.1 Å². The Balaban J connectivity index is 1.65. The van der Waals surface area contributed by atoms with E-state index in [-0.39, 0.29) is 29.5 Å². The number of halogens is 4. The fourth-order valence-corrected chi connectivity index (χ4v) is 3.68. The van der Waals surface area contributed by atoms with Gasteiger partial charge in [-0.15, -0.1) is 0 Å². The summed E-state index contributed by atoms with van der Waals surface area (Å²) in [7, 11) is 0. The van der Waals surface area contributed by atoms with Crippen LogP contribution in [0.25, 0.3) is 0 Å². The highest BCUT2D eigenvalue weighted by atomic mass is 35.5. The van der Waals surface area contributed by atoms with E-state index >= 15 is 0 Å². The molecule has 1 aliphatic rings. The second-order valence-electron chi connectivity index (χ2n) is 7.12. The summed E-state index contributed by atoms with van der Waals surface area (Å²) >= 11 is 6.29. The zero-order valence-electron chi connectivity index (χ0n) is 15.8. The molecule has 0 saturated heterocycles. The third-order valence-corrected chi connectivity index (χ3v) is 5.35. The summed E-state index contributed by atoms with van der Waals surface area (Å²) in [5.41, 5.74) is 1.42. The van der Waals surface area contributed by atoms with Crippen molar-refractivity contribution in [2.45, 2.75) is 38.1 Å². The topological polar surface area (TPSA) is 72.1 Å². The SMILES string of the molecule is Cc1ccc([C@@H]2C[C@H](C(F)(F)F)n3nc(C(=O)NCc4ccco4)c(Cl)c3N2)cc1. The smallest absolute Gasteiger partial charge is 0.410 e. The molecule has 0 aliphatic carbocycles. The number of alkyl halides is 3. The number of hydrogen-bond acceptors (Lipinski definition) is 4. The molecule has 3 heterocycles. The molecule has 0 fully saturated rings. The number of nitrogens with zero attached hydrogens (tertiary/aromatic N) is 2. The van der Waals surface area contributed by atoms with E-state index in [1.54, 1.807) is 24.3 Å². The average Bonchev–Trinajstić information content (AvgIpc) is 3.33. The lowest BCUT2D eigenvalue weighted by Gasteiger charge is -2.33. The number of hydrogen-bond donors (Lipinski definition) is 2. The maximum Gasteiger partial charge on any atom is 0.410 e. The lowest BCUT2D eigenvalue weighted by molar-refractivity contribution is -0.173. The van der Waals surface area contributed by atoms with Gasteiger partial charge in [-0.3, -0.25) is 4.79 Å². The maximum absolute atomic E-state index is 13.8. The fourth-order valence-electron chi connectivity index (χ4n) is 3.42. The lowest BCUT2D eigenvalue weighted by Crippen LogP contribution is -2.35. The van der Waals surface area contributed by atoms with E-state index in [9.17, 15) is 18.0 Å². The van der Waals surface area contributed by atoms with Crippen LogP contribution in [0.5, 0.6) is 0 Å². The van der Waals surface area contributed by atoms with Crippen molar-refractivity contribution in [3.05, 3.63) is 70.3 Å². The number of rotatable bonds is 4. The summed E-state index contributed by atoms with van der Waals surface area (Å²) < 4.78 is 47.3. The highest BCUT2D eigenvalue weighted by molar-refractivity contribution is 6.36. The molecule has 1 aliphatic heterocycles. The molecule has 4 rings (SSSR count). The van der Waals surface area contributed by atoms with Gasteiger partial charge in [-0.25, -0.2) is 4.68 Å². The van der Waals surface area contributed by atoms with Crippen molar-refractivity contribution in [2.75, 3.05) is 5.32 Å². The first-order chi connectivity index (χ1) is 14.2. The molecule has 158 valence electrons. The monoisotopic (exact) mass is 438 g/mol. The van der Waals surface area contributed by atoms with E-state index in [1.807, 2.05) is 19.1 Å². The zero-order chi connectivity index (χ0) is 21.5. The van der Waals surface area contributed by atoms with Gasteiger partial charge in [0.2, 0.25) is 0 Å². The Labute approximate surface area is 175 Å². The van der Waals surface area contributed by atoms with Gasteiger partial charge in [0.25, 0.3) is 5.91 Å². The fraction of sp³-hybridized carbons (Fsp3) is 0.300. The Bertz CT molecular complexity index is 1050. The second kappa shape index (κ2) is 7.71. The molecule has 2 atom stereocenters. The van der Waals surface area contributed by atoms with E-state index in [2.05, 4.69) is 15.7 Å². The molecule has 2 N–H and O–H groups in total. The summed E-state index contributed by atoms with van der Waals surface area (Å²) in [6.07, 6.45) is -3.38. The van der Waals surface area contributed by atoms with Gasteiger partial charge >= 0.3 is 6.18 Å². The van der Waals surface area contributed by atoms with E-state index < -0.39 is 24.2 Å². The Hall–Kier alpha value is -2.94. The summed E-state index contributed by atoms with van der Waals surface area (Å²) in [6.45, 7) is 1.96. The van der Waals surface area contributed by atoms with Crippen molar-refractivity contribution in [3.63, 3.8) is 0 Å². The molecule has 6 nitrogen and oxygen atoms in total. The summed E-state index contributed by atoms with van der Waals surface area (Å²) in [4.78, 5) is 12.5. The van der Waals surface area contributed by atoms with Crippen LogP contribution in [0, 0.1) is 6.92 Å². The van der Waals surface area contributed by atoms with Crippen molar-refractivity contribution in [1.29, 1.82) is 0 Å². The van der Waals surface area contributed by atoms with Crippen LogP contribution < -0.4 is 10.6 Å². The third kappa shape index (κ3) is 3.89. The van der Waals surface area contributed by atoms with Gasteiger partial charge in [-0.1, -0.05) is 41.4 Å². The minimum Gasteiger partial charge on any atom is -0.467 e. The highest BCUT2D eigenvalue weighted by Crippen LogP contribution is 2.46. The molecule has 0 spiro atoms. The number of carbonyl (C=O) groups excluding carboxylic acids is 1. The molecule has 0 bridgehead atoms. The first-order valence-electron chi connectivity index (χ1n) is 9.22. The van der Waals surface area contributed by atoms with Gasteiger partial charge in [0.05, 0.1) is 18.8 Å².